The van der Waals surface area contributed by atoms with E-state index in [1.54, 1.807) is 81.6 Å². The van der Waals surface area contributed by atoms with Crippen LogP contribution in [-0.4, -0.2) is 58.9 Å². The number of carbonyl (C=O) groups is 2. The molecule has 0 bridgehead atoms. The molecule has 0 saturated heterocycles. The minimum atomic E-state index is -3.88. The lowest BCUT2D eigenvalue weighted by molar-refractivity contribution is -0.153. The Morgan fingerprint density at radius 2 is 1.92 bits per heavy atom. The molecule has 2 N–H and O–H groups in total. The number of carbonyl (C=O) groups excluding carboxylic acids is 2. The van der Waals surface area contributed by atoms with Crippen LogP contribution in [0.2, 0.25) is 0 Å². The molecule has 0 fully saturated rings. The molecule has 3 aromatic rings. The largest absolute Gasteiger partial charge is 0.464 e. The molecule has 1 amide bonds. The summed E-state index contributed by atoms with van der Waals surface area (Å²) < 4.78 is 31.8. The Balaban J connectivity index is 1.77. The number of esters is 1. The number of fused-ring (bicyclic) bond motifs is 1. The number of aliphatic hydroxyl groups is 1. The summed E-state index contributed by atoms with van der Waals surface area (Å²) in [6.07, 6.45) is 8.09. The molecule has 37 heavy (non-hydrogen) atoms. The van der Waals surface area contributed by atoms with Gasteiger partial charge in [-0.3, -0.25) is 4.79 Å². The summed E-state index contributed by atoms with van der Waals surface area (Å²) in [7, 11) is -2.33. The Hall–Kier alpha value is -3.76. The predicted octanol–water partition coefficient (Wildman–Crippen LogP) is 2.90. The van der Waals surface area contributed by atoms with Crippen molar-refractivity contribution in [3.8, 4) is 0 Å². The number of aliphatic hydroxyl groups excluding tert-OH is 1. The first kappa shape index (κ1) is 26.3. The minimum Gasteiger partial charge on any atom is -0.464 e. The quantitative estimate of drug-likeness (QED) is 0.435. The number of benzene rings is 2. The van der Waals surface area contributed by atoms with Crippen molar-refractivity contribution in [3.05, 3.63) is 90.0 Å². The van der Waals surface area contributed by atoms with Crippen molar-refractivity contribution in [2.75, 3.05) is 13.7 Å². The number of amides is 1. The number of nitrogens with one attached hydrogen (secondary N) is 1. The molecule has 1 aliphatic rings. The van der Waals surface area contributed by atoms with Crippen LogP contribution in [0.25, 0.3) is 10.8 Å². The highest BCUT2D eigenvalue weighted by Gasteiger charge is 2.39. The smallest absolute Gasteiger partial charge is 0.336 e. The molecule has 3 atom stereocenters. The molecule has 1 aromatic heterocycles. The number of ether oxygens (including phenoxy) is 1. The predicted molar refractivity (Wildman–Crippen MR) is 140 cm³/mol. The molecule has 1 aliphatic carbocycles. The third-order valence-corrected chi connectivity index (χ3v) is 8.78. The molecule has 9 nitrogen and oxygen atoms in total. The molecule has 10 heteroatoms. The lowest BCUT2D eigenvalue weighted by Gasteiger charge is -2.26. The van der Waals surface area contributed by atoms with E-state index in [0.29, 0.717) is 17.5 Å². The second-order valence-corrected chi connectivity index (χ2v) is 11.3. The topological polar surface area (TPSA) is 128 Å². The molecule has 0 saturated carbocycles. The van der Waals surface area contributed by atoms with E-state index in [0.717, 1.165) is 14.7 Å². The van der Waals surface area contributed by atoms with Gasteiger partial charge in [0.1, 0.15) is 11.1 Å². The van der Waals surface area contributed by atoms with E-state index in [1.165, 1.54) is 12.5 Å². The maximum Gasteiger partial charge on any atom is 0.336 e. The lowest BCUT2D eigenvalue weighted by Crippen LogP contribution is -2.37. The van der Waals surface area contributed by atoms with Crippen molar-refractivity contribution in [1.82, 2.24) is 14.3 Å². The molecular formula is C27H29N3O6S. The van der Waals surface area contributed by atoms with Crippen molar-refractivity contribution in [1.29, 1.82) is 0 Å². The SMILES string of the molecule is CCOC(=O)C(O)C(c1ccc2cc(C(=O)NC)ccc2c1)c1cn(S(=O)(=O)C2(C)C=CC=CC2)cn1. The van der Waals surface area contributed by atoms with Crippen LogP contribution in [-0.2, 0) is 19.6 Å². The Bertz CT molecular complexity index is 1510. The molecule has 0 aliphatic heterocycles. The second kappa shape index (κ2) is 10.3. The highest BCUT2D eigenvalue weighted by molar-refractivity contribution is 7.91. The number of hydrogen-bond donors (Lipinski definition) is 2. The summed E-state index contributed by atoms with van der Waals surface area (Å²) in [6.45, 7) is 3.33. The van der Waals surface area contributed by atoms with Gasteiger partial charge in [-0.2, -0.15) is 0 Å². The Labute approximate surface area is 215 Å². The summed E-state index contributed by atoms with van der Waals surface area (Å²) in [6, 6.07) is 10.4. The Morgan fingerprint density at radius 3 is 2.59 bits per heavy atom. The second-order valence-electron chi connectivity index (χ2n) is 9.01. The zero-order valence-electron chi connectivity index (χ0n) is 20.8. The zero-order chi connectivity index (χ0) is 26.8. The fourth-order valence-corrected chi connectivity index (χ4v) is 5.83. The van der Waals surface area contributed by atoms with Crippen molar-refractivity contribution in [2.24, 2.45) is 0 Å². The first-order valence-corrected chi connectivity index (χ1v) is 13.3. The van der Waals surface area contributed by atoms with Crippen LogP contribution in [0.1, 0.15) is 47.8 Å². The molecule has 0 radical (unpaired) electrons. The van der Waals surface area contributed by atoms with Crippen molar-refractivity contribution in [3.63, 3.8) is 0 Å². The normalized spacial score (nSPS) is 18.9. The number of nitrogens with zero attached hydrogens (tertiary/aromatic N) is 2. The number of allylic oxidation sites excluding steroid dienone is 3. The first-order valence-electron chi connectivity index (χ1n) is 11.8. The maximum absolute atomic E-state index is 13.4. The fourth-order valence-electron chi connectivity index (χ4n) is 4.37. The summed E-state index contributed by atoms with van der Waals surface area (Å²) in [5, 5.41) is 15.1. The molecule has 1 heterocycles. The van der Waals surface area contributed by atoms with Gasteiger partial charge in [0.25, 0.3) is 5.91 Å². The van der Waals surface area contributed by atoms with Crippen LogP contribution in [0, 0.1) is 0 Å². The summed E-state index contributed by atoms with van der Waals surface area (Å²) in [5.74, 6) is -2.05. The van der Waals surface area contributed by atoms with E-state index in [4.69, 9.17) is 4.74 Å². The highest BCUT2D eigenvalue weighted by Crippen LogP contribution is 2.33. The van der Waals surface area contributed by atoms with E-state index in [1.807, 2.05) is 0 Å². The summed E-state index contributed by atoms with van der Waals surface area (Å²) in [5.41, 5.74) is 1.23. The third kappa shape index (κ3) is 4.94. The minimum absolute atomic E-state index is 0.0730. The fraction of sp³-hybridized carbons (Fsp3) is 0.296. The molecule has 0 spiro atoms. The van der Waals surface area contributed by atoms with Crippen LogP contribution in [0.15, 0.2) is 73.2 Å². The van der Waals surface area contributed by atoms with Crippen LogP contribution in [0.3, 0.4) is 0 Å². The van der Waals surface area contributed by atoms with Gasteiger partial charge in [0.05, 0.1) is 18.2 Å². The van der Waals surface area contributed by atoms with Gasteiger partial charge in [0, 0.05) is 18.8 Å². The number of rotatable bonds is 8. The van der Waals surface area contributed by atoms with Gasteiger partial charge in [-0.25, -0.2) is 22.2 Å². The first-order chi connectivity index (χ1) is 17.6. The average Bonchev–Trinajstić information content (AvgIpc) is 3.39. The highest BCUT2D eigenvalue weighted by atomic mass is 32.2. The molecule has 3 unspecified atom stereocenters. The summed E-state index contributed by atoms with van der Waals surface area (Å²) in [4.78, 5) is 28.9. The standard InChI is InChI=1S/C27H29N3O6S/c1-4-36-26(33)24(31)23(20-10-8-19-15-21(25(32)28-3)11-9-18(19)14-20)22-16-30(17-29-22)37(34,35)27(2)12-6-5-7-13-27/h5-12,14-17,23-24,31H,4,13H2,1-3H3,(H,28,32). The van der Waals surface area contributed by atoms with Crippen molar-refractivity contribution < 1.29 is 27.9 Å². The molecule has 194 valence electrons. The molecule has 4 rings (SSSR count). The average molecular weight is 524 g/mol. The van der Waals surface area contributed by atoms with Crippen LogP contribution in [0.4, 0.5) is 0 Å². The molecule has 2 aromatic carbocycles. The Morgan fingerprint density at radius 1 is 1.19 bits per heavy atom. The van der Waals surface area contributed by atoms with Gasteiger partial charge in [0.2, 0.25) is 10.0 Å². The zero-order valence-corrected chi connectivity index (χ0v) is 21.6. The van der Waals surface area contributed by atoms with Gasteiger partial charge >= 0.3 is 5.97 Å². The number of imidazole rings is 1. The molecular weight excluding hydrogens is 494 g/mol. The summed E-state index contributed by atoms with van der Waals surface area (Å²) >= 11 is 0. The van der Waals surface area contributed by atoms with E-state index in [2.05, 4.69) is 10.3 Å². The van der Waals surface area contributed by atoms with Crippen LogP contribution >= 0.6 is 0 Å². The van der Waals surface area contributed by atoms with Gasteiger partial charge in [-0.05, 0) is 48.7 Å². The Kier molecular flexibility index (Phi) is 7.33. The monoisotopic (exact) mass is 523 g/mol. The third-order valence-electron chi connectivity index (χ3n) is 6.54. The van der Waals surface area contributed by atoms with Crippen LogP contribution < -0.4 is 5.32 Å². The van der Waals surface area contributed by atoms with E-state index < -0.39 is 32.8 Å². The van der Waals surface area contributed by atoms with Gasteiger partial charge in [-0.1, -0.05) is 48.6 Å². The van der Waals surface area contributed by atoms with Crippen LogP contribution in [0.5, 0.6) is 0 Å². The van der Waals surface area contributed by atoms with E-state index in [9.17, 15) is 23.1 Å². The van der Waals surface area contributed by atoms with Gasteiger partial charge in [0.15, 0.2) is 6.10 Å². The van der Waals surface area contributed by atoms with Gasteiger partial charge in [-0.15, -0.1) is 0 Å². The van der Waals surface area contributed by atoms with Gasteiger partial charge < -0.3 is 15.2 Å². The maximum atomic E-state index is 13.4. The number of aromatic nitrogens is 2. The van der Waals surface area contributed by atoms with E-state index in [-0.39, 0.29) is 18.2 Å². The lowest BCUT2D eigenvalue weighted by atomic mass is 9.89. The number of hydrogen-bond acceptors (Lipinski definition) is 7. The van der Waals surface area contributed by atoms with Crippen molar-refractivity contribution >= 4 is 32.7 Å². The van der Waals surface area contributed by atoms with Crippen molar-refractivity contribution in [2.45, 2.75) is 37.0 Å². The van der Waals surface area contributed by atoms with E-state index >= 15 is 0 Å².